The lowest BCUT2D eigenvalue weighted by molar-refractivity contribution is 0.414. The molecule has 0 amide bonds. The quantitative estimate of drug-likeness (QED) is 0.830. The normalized spacial score (nSPS) is 11.5. The summed E-state index contributed by atoms with van der Waals surface area (Å²) in [5.41, 5.74) is 2.31. The van der Waals surface area contributed by atoms with Gasteiger partial charge in [0.15, 0.2) is 5.11 Å². The Morgan fingerprint density at radius 3 is 2.24 bits per heavy atom. The molecule has 0 aromatic heterocycles. The molecular weight excluding hydrogens is 280 g/mol. The van der Waals surface area contributed by atoms with E-state index in [9.17, 15) is 0 Å². The Labute approximate surface area is 131 Å². The minimum Gasteiger partial charge on any atom is -0.497 e. The highest BCUT2D eigenvalue weighted by molar-refractivity contribution is 7.80. The van der Waals surface area contributed by atoms with Crippen molar-refractivity contribution in [3.05, 3.63) is 65.7 Å². The molecule has 0 unspecified atom stereocenters. The summed E-state index contributed by atoms with van der Waals surface area (Å²) >= 11 is 5.33. The van der Waals surface area contributed by atoms with Crippen LogP contribution in [0.5, 0.6) is 5.75 Å². The molecule has 0 fully saturated rings. The van der Waals surface area contributed by atoms with Gasteiger partial charge in [-0.15, -0.1) is 0 Å². The zero-order valence-electron chi connectivity index (χ0n) is 12.3. The van der Waals surface area contributed by atoms with Crippen molar-refractivity contribution >= 4 is 17.3 Å². The van der Waals surface area contributed by atoms with Crippen LogP contribution in [0.4, 0.5) is 0 Å². The average molecular weight is 300 g/mol. The summed E-state index contributed by atoms with van der Waals surface area (Å²) in [6, 6.07) is 18.3. The summed E-state index contributed by atoms with van der Waals surface area (Å²) in [5.74, 6) is 0.847. The Kier molecular flexibility index (Phi) is 5.58. The molecule has 1 atom stereocenters. The first-order valence-electron chi connectivity index (χ1n) is 6.98. The molecule has 21 heavy (non-hydrogen) atoms. The van der Waals surface area contributed by atoms with Crippen LogP contribution in [0.1, 0.15) is 24.1 Å². The van der Waals surface area contributed by atoms with E-state index in [1.807, 2.05) is 37.3 Å². The van der Waals surface area contributed by atoms with Crippen LogP contribution < -0.4 is 15.4 Å². The lowest BCUT2D eigenvalue weighted by Crippen LogP contribution is -2.37. The van der Waals surface area contributed by atoms with E-state index in [-0.39, 0.29) is 6.04 Å². The zero-order chi connectivity index (χ0) is 15.1. The van der Waals surface area contributed by atoms with Crippen molar-refractivity contribution in [3.8, 4) is 5.75 Å². The first-order chi connectivity index (χ1) is 10.2. The van der Waals surface area contributed by atoms with Gasteiger partial charge < -0.3 is 15.4 Å². The molecule has 3 nitrogen and oxygen atoms in total. The van der Waals surface area contributed by atoms with Crippen LogP contribution in [-0.4, -0.2) is 18.8 Å². The number of benzene rings is 2. The summed E-state index contributed by atoms with van der Waals surface area (Å²) in [6.07, 6.45) is 0. The molecule has 4 heteroatoms. The summed E-state index contributed by atoms with van der Waals surface area (Å²) in [7, 11) is 1.67. The van der Waals surface area contributed by atoms with E-state index in [4.69, 9.17) is 17.0 Å². The fraction of sp³-hybridized carbons (Fsp3) is 0.235. The SMILES string of the molecule is CCNC(=S)N[C@@H](c1ccccc1)c1ccc(OC)cc1. The van der Waals surface area contributed by atoms with E-state index in [0.717, 1.165) is 17.9 Å². The topological polar surface area (TPSA) is 33.3 Å². The van der Waals surface area contributed by atoms with Crippen molar-refractivity contribution in [2.24, 2.45) is 0 Å². The van der Waals surface area contributed by atoms with Gasteiger partial charge in [0, 0.05) is 6.54 Å². The van der Waals surface area contributed by atoms with Gasteiger partial charge in [-0.05, 0) is 42.4 Å². The smallest absolute Gasteiger partial charge is 0.167 e. The molecule has 0 aliphatic heterocycles. The maximum Gasteiger partial charge on any atom is 0.167 e. The van der Waals surface area contributed by atoms with Crippen LogP contribution >= 0.6 is 12.2 Å². The molecule has 0 aliphatic rings. The van der Waals surface area contributed by atoms with E-state index in [2.05, 4.69) is 34.9 Å². The largest absolute Gasteiger partial charge is 0.497 e. The molecule has 2 rings (SSSR count). The monoisotopic (exact) mass is 300 g/mol. The van der Waals surface area contributed by atoms with Gasteiger partial charge in [0.2, 0.25) is 0 Å². The minimum absolute atomic E-state index is 0.0173. The van der Waals surface area contributed by atoms with Crippen LogP contribution in [0.3, 0.4) is 0 Å². The Morgan fingerprint density at radius 1 is 1.05 bits per heavy atom. The molecule has 0 radical (unpaired) electrons. The highest BCUT2D eigenvalue weighted by atomic mass is 32.1. The molecule has 0 saturated heterocycles. The summed E-state index contributed by atoms with van der Waals surface area (Å²) in [6.45, 7) is 2.83. The molecule has 0 aliphatic carbocycles. The van der Waals surface area contributed by atoms with Crippen molar-refractivity contribution in [1.29, 1.82) is 0 Å². The van der Waals surface area contributed by atoms with Crippen molar-refractivity contribution in [2.75, 3.05) is 13.7 Å². The summed E-state index contributed by atoms with van der Waals surface area (Å²) < 4.78 is 5.22. The number of hydrogen-bond donors (Lipinski definition) is 2. The number of ether oxygens (including phenoxy) is 1. The first-order valence-corrected chi connectivity index (χ1v) is 7.38. The first kappa shape index (κ1) is 15.3. The molecule has 2 aromatic carbocycles. The van der Waals surface area contributed by atoms with Gasteiger partial charge in [0.1, 0.15) is 5.75 Å². The van der Waals surface area contributed by atoms with Crippen molar-refractivity contribution in [3.63, 3.8) is 0 Å². The third kappa shape index (κ3) is 4.20. The average Bonchev–Trinajstić information content (AvgIpc) is 2.54. The standard InChI is InChI=1S/C17H20N2OS/c1-3-18-17(21)19-16(13-7-5-4-6-8-13)14-9-11-15(20-2)12-10-14/h4-12,16H,3H2,1-2H3,(H2,18,19,21)/t16-/m0/s1. The van der Waals surface area contributed by atoms with Crippen molar-refractivity contribution in [1.82, 2.24) is 10.6 Å². The maximum absolute atomic E-state index is 5.33. The Bertz CT molecular complexity index is 569. The predicted molar refractivity (Wildman–Crippen MR) is 90.7 cm³/mol. The Balaban J connectivity index is 2.28. The third-order valence-electron chi connectivity index (χ3n) is 3.19. The molecule has 0 bridgehead atoms. The van der Waals surface area contributed by atoms with E-state index >= 15 is 0 Å². The second-order valence-corrected chi connectivity index (χ2v) is 5.03. The van der Waals surface area contributed by atoms with Gasteiger partial charge in [-0.25, -0.2) is 0 Å². The van der Waals surface area contributed by atoms with Crippen LogP contribution in [0.15, 0.2) is 54.6 Å². The van der Waals surface area contributed by atoms with E-state index in [1.54, 1.807) is 7.11 Å². The van der Waals surface area contributed by atoms with Crippen LogP contribution in [0.2, 0.25) is 0 Å². The van der Waals surface area contributed by atoms with Gasteiger partial charge in [-0.1, -0.05) is 42.5 Å². The minimum atomic E-state index is 0.0173. The van der Waals surface area contributed by atoms with Gasteiger partial charge in [0.05, 0.1) is 13.2 Å². The number of hydrogen-bond acceptors (Lipinski definition) is 2. The predicted octanol–water partition coefficient (Wildman–Crippen LogP) is 3.27. The van der Waals surface area contributed by atoms with Gasteiger partial charge in [-0.2, -0.15) is 0 Å². The summed E-state index contributed by atoms with van der Waals surface area (Å²) in [5, 5.41) is 7.16. The van der Waals surface area contributed by atoms with Crippen molar-refractivity contribution in [2.45, 2.75) is 13.0 Å². The van der Waals surface area contributed by atoms with Crippen LogP contribution in [0, 0.1) is 0 Å². The second kappa shape index (κ2) is 7.64. The maximum atomic E-state index is 5.33. The second-order valence-electron chi connectivity index (χ2n) is 4.62. The Morgan fingerprint density at radius 2 is 1.67 bits per heavy atom. The molecule has 0 saturated carbocycles. The van der Waals surface area contributed by atoms with E-state index in [1.165, 1.54) is 5.56 Å². The molecule has 0 heterocycles. The molecule has 2 N–H and O–H groups in total. The number of nitrogens with one attached hydrogen (secondary N) is 2. The number of thiocarbonyl (C=S) groups is 1. The summed E-state index contributed by atoms with van der Waals surface area (Å²) in [4.78, 5) is 0. The molecular formula is C17H20N2OS. The van der Waals surface area contributed by atoms with Gasteiger partial charge in [-0.3, -0.25) is 0 Å². The van der Waals surface area contributed by atoms with Crippen molar-refractivity contribution < 1.29 is 4.74 Å². The van der Waals surface area contributed by atoms with Crippen LogP contribution in [0.25, 0.3) is 0 Å². The number of methoxy groups -OCH3 is 1. The molecule has 110 valence electrons. The number of rotatable bonds is 5. The van der Waals surface area contributed by atoms with E-state index < -0.39 is 0 Å². The van der Waals surface area contributed by atoms with Crippen LogP contribution in [-0.2, 0) is 0 Å². The van der Waals surface area contributed by atoms with Gasteiger partial charge >= 0.3 is 0 Å². The molecule has 0 spiro atoms. The third-order valence-corrected chi connectivity index (χ3v) is 3.46. The highest BCUT2D eigenvalue weighted by Crippen LogP contribution is 2.24. The zero-order valence-corrected chi connectivity index (χ0v) is 13.1. The Hall–Kier alpha value is -2.07. The highest BCUT2D eigenvalue weighted by Gasteiger charge is 2.14. The fourth-order valence-corrected chi connectivity index (χ4v) is 2.41. The van der Waals surface area contributed by atoms with E-state index in [0.29, 0.717) is 5.11 Å². The molecule has 2 aromatic rings. The van der Waals surface area contributed by atoms with Gasteiger partial charge in [0.25, 0.3) is 0 Å². The lowest BCUT2D eigenvalue weighted by Gasteiger charge is -2.22. The fourth-order valence-electron chi connectivity index (χ4n) is 2.14. The lowest BCUT2D eigenvalue weighted by atomic mass is 9.99.